The van der Waals surface area contributed by atoms with Crippen LogP contribution in [0.15, 0.2) is 0 Å². The molecule has 0 aromatic rings. The van der Waals surface area contributed by atoms with Crippen LogP contribution < -0.4 is 0 Å². The molecule has 0 rings (SSSR count). The third kappa shape index (κ3) is 2.17. The van der Waals surface area contributed by atoms with E-state index in [1.54, 1.807) is 0 Å². The van der Waals surface area contributed by atoms with Gasteiger partial charge in [0.2, 0.25) is 5.78 Å². The molecule has 0 radical (unpaired) electrons. The van der Waals surface area contributed by atoms with Crippen LogP contribution in [0.2, 0.25) is 0 Å². The Balaban J connectivity index is 4.02. The Morgan fingerprint density at radius 1 is 1.30 bits per heavy atom. The fourth-order valence-electron chi connectivity index (χ4n) is 0.834. The maximum atomic E-state index is 10.7. The molecule has 0 spiro atoms. The molecule has 0 amide bonds. The van der Waals surface area contributed by atoms with Crippen LogP contribution >= 0.6 is 0 Å². The SMILES string of the molecule is CCC(CC)C(=O)C(=O)O. The maximum absolute atomic E-state index is 10.7. The predicted octanol–water partition coefficient (Wildman–Crippen LogP) is 1.08. The predicted molar refractivity (Wildman–Crippen MR) is 36.7 cm³/mol. The van der Waals surface area contributed by atoms with Crippen molar-refractivity contribution in [1.29, 1.82) is 0 Å². The van der Waals surface area contributed by atoms with E-state index in [1.807, 2.05) is 13.8 Å². The molecule has 0 aromatic heterocycles. The fourth-order valence-corrected chi connectivity index (χ4v) is 0.834. The fraction of sp³-hybridized carbons (Fsp3) is 0.714. The van der Waals surface area contributed by atoms with Gasteiger partial charge in [0.15, 0.2) is 0 Å². The first kappa shape index (κ1) is 9.14. The quantitative estimate of drug-likeness (QED) is 0.600. The maximum Gasteiger partial charge on any atom is 0.372 e. The van der Waals surface area contributed by atoms with E-state index in [0.29, 0.717) is 12.8 Å². The van der Waals surface area contributed by atoms with Crippen molar-refractivity contribution in [3.63, 3.8) is 0 Å². The lowest BCUT2D eigenvalue weighted by Gasteiger charge is -2.05. The van der Waals surface area contributed by atoms with Crippen molar-refractivity contribution in [2.75, 3.05) is 0 Å². The van der Waals surface area contributed by atoms with Crippen LogP contribution in [-0.4, -0.2) is 16.9 Å². The van der Waals surface area contributed by atoms with E-state index in [9.17, 15) is 9.59 Å². The standard InChI is InChI=1S/C7H12O3/c1-3-5(4-2)6(8)7(9)10/h5H,3-4H2,1-2H3,(H,9,10). The van der Waals surface area contributed by atoms with Gasteiger partial charge in [0.25, 0.3) is 0 Å². The smallest absolute Gasteiger partial charge is 0.372 e. The largest absolute Gasteiger partial charge is 0.475 e. The minimum atomic E-state index is -1.31. The summed E-state index contributed by atoms with van der Waals surface area (Å²) in [5.41, 5.74) is 0. The number of aliphatic carboxylic acids is 1. The van der Waals surface area contributed by atoms with Gasteiger partial charge in [-0.15, -0.1) is 0 Å². The summed E-state index contributed by atoms with van der Waals surface area (Å²) in [6, 6.07) is 0. The summed E-state index contributed by atoms with van der Waals surface area (Å²) in [4.78, 5) is 20.8. The molecule has 0 heterocycles. The van der Waals surface area contributed by atoms with Gasteiger partial charge < -0.3 is 5.11 Å². The van der Waals surface area contributed by atoms with Gasteiger partial charge in [-0.2, -0.15) is 0 Å². The van der Waals surface area contributed by atoms with E-state index in [-0.39, 0.29) is 5.92 Å². The molecule has 0 saturated carbocycles. The van der Waals surface area contributed by atoms with E-state index in [2.05, 4.69) is 0 Å². The molecule has 10 heavy (non-hydrogen) atoms. The topological polar surface area (TPSA) is 54.4 Å². The number of carboxylic acids is 1. The first-order valence-electron chi connectivity index (χ1n) is 3.40. The Kier molecular flexibility index (Phi) is 3.69. The third-order valence-corrected chi connectivity index (χ3v) is 1.57. The first-order valence-corrected chi connectivity index (χ1v) is 3.40. The van der Waals surface area contributed by atoms with Crippen molar-refractivity contribution in [3.05, 3.63) is 0 Å². The van der Waals surface area contributed by atoms with Crippen molar-refractivity contribution in [2.45, 2.75) is 26.7 Å². The highest BCUT2D eigenvalue weighted by Gasteiger charge is 2.20. The number of Topliss-reactive ketones (excluding diaryl/α,β-unsaturated/α-hetero) is 1. The first-order chi connectivity index (χ1) is 4.63. The molecule has 0 aromatic carbocycles. The summed E-state index contributed by atoms with van der Waals surface area (Å²) in [5.74, 6) is -2.27. The summed E-state index contributed by atoms with van der Waals surface area (Å²) in [7, 11) is 0. The number of ketones is 1. The van der Waals surface area contributed by atoms with Gasteiger partial charge in [-0.1, -0.05) is 13.8 Å². The lowest BCUT2D eigenvalue weighted by Crippen LogP contribution is -2.21. The molecule has 0 unspecified atom stereocenters. The zero-order valence-corrected chi connectivity index (χ0v) is 6.26. The van der Waals surface area contributed by atoms with Gasteiger partial charge in [-0.25, -0.2) is 4.79 Å². The molecule has 0 aliphatic heterocycles. The highest BCUT2D eigenvalue weighted by molar-refractivity contribution is 6.33. The van der Waals surface area contributed by atoms with Gasteiger partial charge in [-0.05, 0) is 12.8 Å². The van der Waals surface area contributed by atoms with Crippen LogP contribution in [0.1, 0.15) is 26.7 Å². The van der Waals surface area contributed by atoms with E-state index in [0.717, 1.165) is 0 Å². The lowest BCUT2D eigenvalue weighted by molar-refractivity contribution is -0.151. The van der Waals surface area contributed by atoms with Gasteiger partial charge >= 0.3 is 5.97 Å². The van der Waals surface area contributed by atoms with Crippen LogP contribution in [0.5, 0.6) is 0 Å². The van der Waals surface area contributed by atoms with E-state index >= 15 is 0 Å². The number of hydrogen-bond donors (Lipinski definition) is 1. The number of carbonyl (C=O) groups is 2. The number of carboxylic acid groups (broad SMARTS) is 1. The van der Waals surface area contributed by atoms with Crippen LogP contribution in [0, 0.1) is 5.92 Å². The average Bonchev–Trinajstić information content (AvgIpc) is 1.90. The molecule has 0 aliphatic carbocycles. The Bertz CT molecular complexity index is 136. The molecule has 3 nitrogen and oxygen atoms in total. The molecule has 1 N–H and O–H groups in total. The average molecular weight is 144 g/mol. The molecule has 0 aliphatic rings. The Hall–Kier alpha value is -0.860. The zero-order chi connectivity index (χ0) is 8.15. The van der Waals surface area contributed by atoms with Crippen LogP contribution in [0.25, 0.3) is 0 Å². The van der Waals surface area contributed by atoms with E-state index in [1.165, 1.54) is 0 Å². The molecule has 0 bridgehead atoms. The number of carbonyl (C=O) groups excluding carboxylic acids is 1. The second kappa shape index (κ2) is 4.04. The summed E-state index contributed by atoms with van der Waals surface area (Å²) < 4.78 is 0. The van der Waals surface area contributed by atoms with Crippen molar-refractivity contribution < 1.29 is 14.7 Å². The second-order valence-electron chi connectivity index (χ2n) is 2.18. The molecular weight excluding hydrogens is 132 g/mol. The second-order valence-corrected chi connectivity index (χ2v) is 2.18. The van der Waals surface area contributed by atoms with Gasteiger partial charge in [0.1, 0.15) is 0 Å². The minimum Gasteiger partial charge on any atom is -0.475 e. The van der Waals surface area contributed by atoms with Crippen molar-refractivity contribution in [2.24, 2.45) is 5.92 Å². The number of hydrogen-bond acceptors (Lipinski definition) is 2. The van der Waals surface area contributed by atoms with Gasteiger partial charge in [0.05, 0.1) is 0 Å². The molecule has 3 heteroatoms. The van der Waals surface area contributed by atoms with E-state index < -0.39 is 11.8 Å². The summed E-state index contributed by atoms with van der Waals surface area (Å²) in [5, 5.41) is 8.27. The van der Waals surface area contributed by atoms with Crippen LogP contribution in [-0.2, 0) is 9.59 Å². The summed E-state index contributed by atoms with van der Waals surface area (Å²) in [6.07, 6.45) is 1.23. The van der Waals surface area contributed by atoms with Gasteiger partial charge in [0, 0.05) is 5.92 Å². The zero-order valence-electron chi connectivity index (χ0n) is 6.26. The molecule has 0 fully saturated rings. The normalized spacial score (nSPS) is 9.90. The van der Waals surface area contributed by atoms with Crippen molar-refractivity contribution >= 4 is 11.8 Å². The summed E-state index contributed by atoms with van der Waals surface area (Å²) >= 11 is 0. The Morgan fingerprint density at radius 3 is 1.80 bits per heavy atom. The molecule has 0 atom stereocenters. The molecule has 58 valence electrons. The minimum absolute atomic E-state index is 0.294. The van der Waals surface area contributed by atoms with E-state index in [4.69, 9.17) is 5.11 Å². The third-order valence-electron chi connectivity index (χ3n) is 1.57. The lowest BCUT2D eigenvalue weighted by atomic mass is 9.98. The number of rotatable bonds is 4. The summed E-state index contributed by atoms with van der Waals surface area (Å²) in [6.45, 7) is 3.63. The highest BCUT2D eigenvalue weighted by Crippen LogP contribution is 2.08. The molecule has 0 saturated heterocycles. The highest BCUT2D eigenvalue weighted by atomic mass is 16.4. The molecular formula is C7H12O3. The van der Waals surface area contributed by atoms with Crippen molar-refractivity contribution in [1.82, 2.24) is 0 Å². The van der Waals surface area contributed by atoms with Crippen LogP contribution in [0.4, 0.5) is 0 Å². The Morgan fingerprint density at radius 2 is 1.70 bits per heavy atom. The van der Waals surface area contributed by atoms with Crippen LogP contribution in [0.3, 0.4) is 0 Å². The van der Waals surface area contributed by atoms with Gasteiger partial charge in [-0.3, -0.25) is 4.79 Å². The monoisotopic (exact) mass is 144 g/mol. The van der Waals surface area contributed by atoms with Crippen molar-refractivity contribution in [3.8, 4) is 0 Å². The Labute approximate surface area is 60.0 Å².